The second kappa shape index (κ2) is 8.51. The quantitative estimate of drug-likeness (QED) is 0.766. The SMILES string of the molecule is CSCC[C@H](NC(=O)C(C)Oc1ccc(F)cc1)C(=O)O. The molecule has 21 heavy (non-hydrogen) atoms. The third-order valence-electron chi connectivity index (χ3n) is 2.72. The van der Waals surface area contributed by atoms with Crippen molar-refractivity contribution in [2.24, 2.45) is 0 Å². The molecule has 0 radical (unpaired) electrons. The normalized spacial score (nSPS) is 13.3. The highest BCUT2D eigenvalue weighted by atomic mass is 32.2. The van der Waals surface area contributed by atoms with Gasteiger partial charge in [-0.15, -0.1) is 0 Å². The van der Waals surface area contributed by atoms with Crippen LogP contribution in [0.3, 0.4) is 0 Å². The summed E-state index contributed by atoms with van der Waals surface area (Å²) in [7, 11) is 0. The summed E-state index contributed by atoms with van der Waals surface area (Å²) in [6.45, 7) is 1.51. The molecule has 0 aliphatic carbocycles. The lowest BCUT2D eigenvalue weighted by atomic mass is 10.2. The largest absolute Gasteiger partial charge is 0.481 e. The van der Waals surface area contributed by atoms with E-state index >= 15 is 0 Å². The first kappa shape index (κ1) is 17.3. The van der Waals surface area contributed by atoms with Crippen LogP contribution in [-0.2, 0) is 9.59 Å². The molecule has 2 N–H and O–H groups in total. The Morgan fingerprint density at radius 1 is 1.38 bits per heavy atom. The molecule has 0 spiro atoms. The number of ether oxygens (including phenoxy) is 1. The van der Waals surface area contributed by atoms with Crippen molar-refractivity contribution in [3.63, 3.8) is 0 Å². The maximum Gasteiger partial charge on any atom is 0.326 e. The van der Waals surface area contributed by atoms with Gasteiger partial charge in [0.2, 0.25) is 0 Å². The second-order valence-electron chi connectivity index (χ2n) is 4.39. The number of halogens is 1. The molecule has 1 unspecified atom stereocenters. The number of carbonyl (C=O) groups is 2. The van der Waals surface area contributed by atoms with Gasteiger partial charge < -0.3 is 15.2 Å². The van der Waals surface area contributed by atoms with Crippen molar-refractivity contribution in [3.05, 3.63) is 30.1 Å². The number of hydrogen-bond acceptors (Lipinski definition) is 4. The van der Waals surface area contributed by atoms with Crippen molar-refractivity contribution in [2.45, 2.75) is 25.5 Å². The summed E-state index contributed by atoms with van der Waals surface area (Å²) in [5.74, 6) is -1.03. The van der Waals surface area contributed by atoms with Crippen molar-refractivity contribution in [2.75, 3.05) is 12.0 Å². The van der Waals surface area contributed by atoms with E-state index in [1.807, 2.05) is 6.26 Å². The maximum atomic E-state index is 12.8. The Balaban J connectivity index is 2.56. The van der Waals surface area contributed by atoms with E-state index in [0.29, 0.717) is 17.9 Å². The fraction of sp³-hybridized carbons (Fsp3) is 0.429. The molecule has 0 saturated heterocycles. The third kappa shape index (κ3) is 6.03. The van der Waals surface area contributed by atoms with E-state index in [2.05, 4.69) is 5.32 Å². The molecule has 0 bridgehead atoms. The van der Waals surface area contributed by atoms with E-state index in [4.69, 9.17) is 9.84 Å². The molecule has 1 aromatic carbocycles. The van der Waals surface area contributed by atoms with Gasteiger partial charge >= 0.3 is 5.97 Å². The molecular weight excluding hydrogens is 297 g/mol. The van der Waals surface area contributed by atoms with Crippen molar-refractivity contribution < 1.29 is 23.8 Å². The molecule has 0 aliphatic heterocycles. The average Bonchev–Trinajstić information content (AvgIpc) is 2.45. The average molecular weight is 315 g/mol. The van der Waals surface area contributed by atoms with Gasteiger partial charge in [0.25, 0.3) is 5.91 Å². The van der Waals surface area contributed by atoms with Gasteiger partial charge in [0.05, 0.1) is 0 Å². The number of carboxylic acid groups (broad SMARTS) is 1. The van der Waals surface area contributed by atoms with Gasteiger partial charge in [-0.3, -0.25) is 4.79 Å². The van der Waals surface area contributed by atoms with E-state index in [0.717, 1.165) is 0 Å². The number of hydrogen-bond donors (Lipinski definition) is 2. The van der Waals surface area contributed by atoms with Crippen molar-refractivity contribution in [1.82, 2.24) is 5.32 Å². The Morgan fingerprint density at radius 3 is 2.52 bits per heavy atom. The number of nitrogens with one attached hydrogen (secondary N) is 1. The smallest absolute Gasteiger partial charge is 0.326 e. The van der Waals surface area contributed by atoms with Crippen LogP contribution >= 0.6 is 11.8 Å². The lowest BCUT2D eigenvalue weighted by Crippen LogP contribution is -2.46. The Labute approximate surface area is 126 Å². The van der Waals surface area contributed by atoms with Gasteiger partial charge in [-0.05, 0) is 49.6 Å². The second-order valence-corrected chi connectivity index (χ2v) is 5.38. The summed E-state index contributed by atoms with van der Waals surface area (Å²) in [4.78, 5) is 23.0. The monoisotopic (exact) mass is 315 g/mol. The van der Waals surface area contributed by atoms with Crippen LogP contribution < -0.4 is 10.1 Å². The van der Waals surface area contributed by atoms with E-state index in [9.17, 15) is 14.0 Å². The van der Waals surface area contributed by atoms with Crippen LogP contribution in [0.15, 0.2) is 24.3 Å². The van der Waals surface area contributed by atoms with Crippen LogP contribution in [0.1, 0.15) is 13.3 Å². The van der Waals surface area contributed by atoms with Crippen molar-refractivity contribution in [3.8, 4) is 5.75 Å². The summed E-state index contributed by atoms with van der Waals surface area (Å²) in [5, 5.41) is 11.5. The molecule has 0 aromatic heterocycles. The highest BCUT2D eigenvalue weighted by Crippen LogP contribution is 2.13. The molecule has 1 aromatic rings. The van der Waals surface area contributed by atoms with Gasteiger partial charge in [0, 0.05) is 0 Å². The van der Waals surface area contributed by atoms with Crippen LogP contribution in [0.5, 0.6) is 5.75 Å². The standard InChI is InChI=1S/C14H18FNO4S/c1-9(20-11-5-3-10(15)4-6-11)13(17)16-12(14(18)19)7-8-21-2/h3-6,9,12H,7-8H2,1-2H3,(H,16,17)(H,18,19)/t9?,12-/m0/s1. The van der Waals surface area contributed by atoms with Crippen molar-refractivity contribution >= 4 is 23.6 Å². The summed E-state index contributed by atoms with van der Waals surface area (Å²) < 4.78 is 18.1. The van der Waals surface area contributed by atoms with E-state index in [-0.39, 0.29) is 0 Å². The zero-order valence-electron chi connectivity index (χ0n) is 11.8. The highest BCUT2D eigenvalue weighted by Gasteiger charge is 2.23. The molecule has 1 rings (SSSR count). The lowest BCUT2D eigenvalue weighted by molar-refractivity contribution is -0.142. The lowest BCUT2D eigenvalue weighted by Gasteiger charge is -2.18. The number of aliphatic carboxylic acids is 1. The van der Waals surface area contributed by atoms with Gasteiger partial charge in [-0.25, -0.2) is 9.18 Å². The van der Waals surface area contributed by atoms with Crippen LogP contribution in [0.4, 0.5) is 4.39 Å². The van der Waals surface area contributed by atoms with Crippen LogP contribution in [0, 0.1) is 5.82 Å². The Kier molecular flexibility index (Phi) is 7.01. The first-order valence-corrected chi connectivity index (χ1v) is 7.77. The molecule has 0 aliphatic rings. The minimum absolute atomic E-state index is 0.339. The topological polar surface area (TPSA) is 75.6 Å². The first-order chi connectivity index (χ1) is 9.93. The Morgan fingerprint density at radius 2 is 2.00 bits per heavy atom. The minimum Gasteiger partial charge on any atom is -0.481 e. The number of thioether (sulfide) groups is 1. The minimum atomic E-state index is -1.08. The van der Waals surface area contributed by atoms with Crippen molar-refractivity contribution in [1.29, 1.82) is 0 Å². The summed E-state index contributed by atoms with van der Waals surface area (Å²) in [6, 6.07) is 4.31. The predicted molar refractivity (Wildman–Crippen MR) is 79.1 cm³/mol. The van der Waals surface area contributed by atoms with E-state index < -0.39 is 29.8 Å². The van der Waals surface area contributed by atoms with Crippen LogP contribution in [0.25, 0.3) is 0 Å². The predicted octanol–water partition coefficient (Wildman–Crippen LogP) is 1.92. The molecule has 116 valence electrons. The zero-order valence-corrected chi connectivity index (χ0v) is 12.7. The van der Waals surface area contributed by atoms with E-state index in [1.54, 1.807) is 0 Å². The molecule has 1 amide bonds. The van der Waals surface area contributed by atoms with Gasteiger partial charge in [-0.2, -0.15) is 11.8 Å². The molecule has 2 atom stereocenters. The molecule has 0 heterocycles. The Bertz CT molecular complexity index is 480. The maximum absolute atomic E-state index is 12.8. The number of amides is 1. The first-order valence-electron chi connectivity index (χ1n) is 6.38. The van der Waals surface area contributed by atoms with Gasteiger partial charge in [0.1, 0.15) is 17.6 Å². The number of rotatable bonds is 8. The molecule has 0 saturated carbocycles. The Hall–Kier alpha value is -1.76. The molecule has 5 nitrogen and oxygen atoms in total. The number of carboxylic acids is 1. The fourth-order valence-corrected chi connectivity index (χ4v) is 2.02. The zero-order chi connectivity index (χ0) is 15.8. The molecular formula is C14H18FNO4S. The molecule has 7 heteroatoms. The van der Waals surface area contributed by atoms with Crippen LogP contribution in [0.2, 0.25) is 0 Å². The van der Waals surface area contributed by atoms with Gasteiger partial charge in [-0.1, -0.05) is 0 Å². The van der Waals surface area contributed by atoms with E-state index in [1.165, 1.54) is 43.0 Å². The number of carbonyl (C=O) groups excluding carboxylic acids is 1. The molecule has 0 fully saturated rings. The van der Waals surface area contributed by atoms with Gasteiger partial charge in [0.15, 0.2) is 6.10 Å². The third-order valence-corrected chi connectivity index (χ3v) is 3.36. The van der Waals surface area contributed by atoms with Crippen LogP contribution in [-0.4, -0.2) is 41.1 Å². The highest BCUT2D eigenvalue weighted by molar-refractivity contribution is 7.98. The summed E-state index contributed by atoms with van der Waals surface area (Å²) in [6.07, 6.45) is 1.33. The fourth-order valence-electron chi connectivity index (χ4n) is 1.55. The summed E-state index contributed by atoms with van der Waals surface area (Å²) in [5.41, 5.74) is 0. The summed E-state index contributed by atoms with van der Waals surface area (Å²) >= 11 is 1.51. The number of benzene rings is 1.